The summed E-state index contributed by atoms with van der Waals surface area (Å²) in [5.74, 6) is 1.49. The Hall–Kier alpha value is -2.28. The summed E-state index contributed by atoms with van der Waals surface area (Å²) in [4.78, 5) is 27.7. The highest BCUT2D eigenvalue weighted by Gasteiger charge is 2.25. The van der Waals surface area contributed by atoms with Crippen molar-refractivity contribution < 1.29 is 9.53 Å². The van der Waals surface area contributed by atoms with Crippen molar-refractivity contribution in [2.45, 2.75) is 52.5 Å². The molecule has 1 aliphatic rings. The summed E-state index contributed by atoms with van der Waals surface area (Å²) >= 11 is 0. The smallest absolute Gasteiger partial charge is 0.273 e. The summed E-state index contributed by atoms with van der Waals surface area (Å²) in [5.41, 5.74) is 1.65. The number of nitrogens with zero attached hydrogens (tertiary/aromatic N) is 5. The minimum atomic E-state index is -0.130. The maximum Gasteiger partial charge on any atom is 0.273 e. The molecule has 1 saturated heterocycles. The number of ether oxygens (including phenoxy) is 1. The maximum atomic E-state index is 12.4. The Bertz CT molecular complexity index is 818. The third-order valence-corrected chi connectivity index (χ3v) is 5.18. The van der Waals surface area contributed by atoms with Crippen LogP contribution in [-0.2, 0) is 16.7 Å². The molecule has 0 aromatic carbocycles. The van der Waals surface area contributed by atoms with E-state index >= 15 is 0 Å². The Morgan fingerprint density at radius 3 is 2.57 bits per heavy atom. The fourth-order valence-corrected chi connectivity index (χ4v) is 3.42. The molecule has 0 saturated carbocycles. The van der Waals surface area contributed by atoms with Crippen LogP contribution in [0.15, 0.2) is 18.6 Å². The van der Waals surface area contributed by atoms with Gasteiger partial charge in [-0.25, -0.2) is 9.97 Å². The van der Waals surface area contributed by atoms with Crippen LogP contribution in [-0.4, -0.2) is 57.1 Å². The molecule has 7 nitrogen and oxygen atoms in total. The molecule has 0 atom stereocenters. The minimum absolute atomic E-state index is 0.0906. The second kappa shape index (κ2) is 8.39. The Balaban J connectivity index is 1.93. The molecule has 28 heavy (non-hydrogen) atoms. The van der Waals surface area contributed by atoms with E-state index in [4.69, 9.17) is 9.72 Å². The second-order valence-electron chi connectivity index (χ2n) is 8.52. The van der Waals surface area contributed by atoms with Crippen molar-refractivity contribution in [2.75, 3.05) is 26.8 Å². The standard InChI is InChI=1S/C21H31N5O2/c1-6-25(5)19(27)17-12-22-11-16(23-17)18-14-26(20(24-18)21(2,3)4)13-15-7-9-28-10-8-15/h11-12,14-15H,6-10,13H2,1-5H3. The van der Waals surface area contributed by atoms with Gasteiger partial charge in [0.2, 0.25) is 0 Å². The number of carbonyl (C=O) groups is 1. The van der Waals surface area contributed by atoms with Gasteiger partial charge in [0.05, 0.1) is 12.4 Å². The Morgan fingerprint density at radius 1 is 1.21 bits per heavy atom. The number of hydrogen-bond donors (Lipinski definition) is 0. The van der Waals surface area contributed by atoms with Gasteiger partial charge in [0.15, 0.2) is 0 Å². The monoisotopic (exact) mass is 385 g/mol. The van der Waals surface area contributed by atoms with Gasteiger partial charge in [-0.3, -0.25) is 9.78 Å². The lowest BCUT2D eigenvalue weighted by atomic mass is 9.94. The Kier molecular flexibility index (Phi) is 6.13. The third-order valence-electron chi connectivity index (χ3n) is 5.18. The largest absolute Gasteiger partial charge is 0.381 e. The second-order valence-corrected chi connectivity index (χ2v) is 8.52. The summed E-state index contributed by atoms with van der Waals surface area (Å²) in [6, 6.07) is 0. The molecule has 1 fully saturated rings. The van der Waals surface area contributed by atoms with Crippen LogP contribution in [0.5, 0.6) is 0 Å². The van der Waals surface area contributed by atoms with Crippen molar-refractivity contribution in [3.63, 3.8) is 0 Å². The first-order valence-electron chi connectivity index (χ1n) is 10.0. The molecule has 0 spiro atoms. The molecule has 3 rings (SSSR count). The first-order chi connectivity index (χ1) is 13.3. The number of aromatic nitrogens is 4. The molecule has 0 aliphatic carbocycles. The van der Waals surface area contributed by atoms with Crippen molar-refractivity contribution >= 4 is 5.91 Å². The summed E-state index contributed by atoms with van der Waals surface area (Å²) < 4.78 is 7.74. The van der Waals surface area contributed by atoms with Gasteiger partial charge in [-0.15, -0.1) is 0 Å². The first kappa shape index (κ1) is 20.5. The molecule has 0 N–H and O–H groups in total. The number of imidazole rings is 1. The van der Waals surface area contributed by atoms with Gasteiger partial charge in [-0.05, 0) is 25.7 Å². The molecule has 7 heteroatoms. The fraction of sp³-hybridized carbons (Fsp3) is 0.619. The molecule has 2 aromatic rings. The topological polar surface area (TPSA) is 73.1 Å². The highest BCUT2D eigenvalue weighted by atomic mass is 16.5. The third kappa shape index (κ3) is 4.58. The zero-order valence-electron chi connectivity index (χ0n) is 17.6. The molecule has 0 radical (unpaired) electrons. The van der Waals surface area contributed by atoms with Gasteiger partial charge in [0, 0.05) is 45.0 Å². The van der Waals surface area contributed by atoms with E-state index in [2.05, 4.69) is 41.5 Å². The van der Waals surface area contributed by atoms with E-state index in [-0.39, 0.29) is 11.3 Å². The van der Waals surface area contributed by atoms with Gasteiger partial charge in [-0.1, -0.05) is 20.8 Å². The van der Waals surface area contributed by atoms with Crippen molar-refractivity contribution in [1.82, 2.24) is 24.4 Å². The van der Waals surface area contributed by atoms with E-state index in [0.29, 0.717) is 23.9 Å². The highest BCUT2D eigenvalue weighted by molar-refractivity contribution is 5.92. The molecule has 0 bridgehead atoms. The van der Waals surface area contributed by atoms with E-state index in [1.807, 2.05) is 6.92 Å². The van der Waals surface area contributed by atoms with Crippen LogP contribution in [0.3, 0.4) is 0 Å². The normalized spacial score (nSPS) is 15.6. The summed E-state index contributed by atoms with van der Waals surface area (Å²) in [6.45, 7) is 11.6. The molecule has 0 unspecified atom stereocenters. The Morgan fingerprint density at radius 2 is 1.93 bits per heavy atom. The van der Waals surface area contributed by atoms with E-state index in [1.54, 1.807) is 18.1 Å². The van der Waals surface area contributed by atoms with Gasteiger partial charge in [-0.2, -0.15) is 0 Å². The zero-order chi connectivity index (χ0) is 20.3. The molecule has 1 aliphatic heterocycles. The van der Waals surface area contributed by atoms with Crippen LogP contribution in [0.1, 0.15) is 56.8 Å². The van der Waals surface area contributed by atoms with Gasteiger partial charge in [0.25, 0.3) is 5.91 Å². The predicted octanol–water partition coefficient (Wildman–Crippen LogP) is 3.16. The van der Waals surface area contributed by atoms with Crippen molar-refractivity contribution in [2.24, 2.45) is 5.92 Å². The molecular weight excluding hydrogens is 354 g/mol. The van der Waals surface area contributed by atoms with Gasteiger partial charge >= 0.3 is 0 Å². The quantitative estimate of drug-likeness (QED) is 0.790. The summed E-state index contributed by atoms with van der Waals surface area (Å²) in [7, 11) is 1.76. The molecule has 3 heterocycles. The van der Waals surface area contributed by atoms with Crippen molar-refractivity contribution in [3.8, 4) is 11.4 Å². The van der Waals surface area contributed by atoms with E-state index in [9.17, 15) is 4.79 Å². The van der Waals surface area contributed by atoms with Gasteiger partial charge in [0.1, 0.15) is 22.9 Å². The first-order valence-corrected chi connectivity index (χ1v) is 10.0. The molecular formula is C21H31N5O2. The van der Waals surface area contributed by atoms with E-state index in [0.717, 1.165) is 44.1 Å². The lowest BCUT2D eigenvalue weighted by Gasteiger charge is -2.25. The maximum absolute atomic E-state index is 12.4. The van der Waals surface area contributed by atoms with Crippen LogP contribution in [0.25, 0.3) is 11.4 Å². The van der Waals surface area contributed by atoms with Crippen molar-refractivity contribution in [1.29, 1.82) is 0 Å². The number of amides is 1. The minimum Gasteiger partial charge on any atom is -0.381 e. The fourth-order valence-electron chi connectivity index (χ4n) is 3.42. The number of carbonyl (C=O) groups excluding carboxylic acids is 1. The van der Waals surface area contributed by atoms with E-state index in [1.165, 1.54) is 6.20 Å². The lowest BCUT2D eigenvalue weighted by Crippen LogP contribution is -2.27. The zero-order valence-corrected chi connectivity index (χ0v) is 17.6. The van der Waals surface area contributed by atoms with E-state index < -0.39 is 0 Å². The molecule has 152 valence electrons. The average molecular weight is 386 g/mol. The van der Waals surface area contributed by atoms with Crippen LogP contribution in [0.4, 0.5) is 0 Å². The SMILES string of the molecule is CCN(C)C(=O)c1cncc(-c2cn(CC3CCOCC3)c(C(C)(C)C)n2)n1. The van der Waals surface area contributed by atoms with Gasteiger partial charge < -0.3 is 14.2 Å². The summed E-state index contributed by atoms with van der Waals surface area (Å²) in [5, 5.41) is 0. The molecule has 1 amide bonds. The van der Waals surface area contributed by atoms with Crippen LogP contribution in [0, 0.1) is 5.92 Å². The summed E-state index contributed by atoms with van der Waals surface area (Å²) in [6.07, 6.45) is 7.39. The number of rotatable bonds is 5. The van der Waals surface area contributed by atoms with Crippen molar-refractivity contribution in [3.05, 3.63) is 30.1 Å². The number of hydrogen-bond acceptors (Lipinski definition) is 5. The molecule has 2 aromatic heterocycles. The lowest BCUT2D eigenvalue weighted by molar-refractivity contribution is 0.0607. The van der Waals surface area contributed by atoms with Crippen LogP contribution in [0.2, 0.25) is 0 Å². The predicted molar refractivity (Wildman–Crippen MR) is 108 cm³/mol. The van der Waals surface area contributed by atoms with Crippen LogP contribution >= 0.6 is 0 Å². The Labute approximate surface area is 167 Å². The van der Waals surface area contributed by atoms with Crippen LogP contribution < -0.4 is 0 Å². The average Bonchev–Trinajstić information content (AvgIpc) is 3.12. The highest BCUT2D eigenvalue weighted by Crippen LogP contribution is 2.28.